The molecule has 0 radical (unpaired) electrons. The van der Waals surface area contributed by atoms with Crippen LogP contribution in [0.25, 0.3) is 0 Å². The zero-order valence-corrected chi connectivity index (χ0v) is 9.59. The van der Waals surface area contributed by atoms with Gasteiger partial charge in [-0.05, 0) is 24.8 Å². The van der Waals surface area contributed by atoms with Crippen molar-refractivity contribution in [2.24, 2.45) is 0 Å². The normalized spacial score (nSPS) is 10.6. The van der Waals surface area contributed by atoms with E-state index < -0.39 is 0 Å². The lowest BCUT2D eigenvalue weighted by Crippen LogP contribution is -1.90. The van der Waals surface area contributed by atoms with Crippen molar-refractivity contribution < 1.29 is 0 Å². The third kappa shape index (κ3) is 5.06. The van der Waals surface area contributed by atoms with Crippen LogP contribution in [0, 0.1) is 6.92 Å². The maximum atomic E-state index is 2.27. The molecule has 82 valence electrons. The summed E-state index contributed by atoms with van der Waals surface area (Å²) in [7, 11) is 0. The molecule has 0 N–H and O–H groups in total. The van der Waals surface area contributed by atoms with Crippen LogP contribution >= 0.6 is 0 Å². The predicted octanol–water partition coefficient (Wildman–Crippen LogP) is 5.17. The van der Waals surface area contributed by atoms with Crippen molar-refractivity contribution in [2.75, 3.05) is 0 Å². The first-order valence-electron chi connectivity index (χ1n) is 5.30. The molecule has 1 atom stereocenters. The summed E-state index contributed by atoms with van der Waals surface area (Å²) in [5.41, 5.74) is 2.83. The van der Waals surface area contributed by atoms with Gasteiger partial charge < -0.3 is 0 Å². The van der Waals surface area contributed by atoms with Gasteiger partial charge in [0, 0.05) is 0 Å². The molecule has 0 saturated carbocycles. The number of aryl methyl sites for hydroxylation is 1. The van der Waals surface area contributed by atoms with Crippen LogP contribution in [0.5, 0.6) is 0 Å². The third-order valence-corrected chi connectivity index (χ3v) is 2.22. The van der Waals surface area contributed by atoms with Gasteiger partial charge in [-0.3, -0.25) is 0 Å². The van der Waals surface area contributed by atoms with Crippen LogP contribution in [-0.2, 0) is 0 Å². The molecule has 0 aromatic heterocycles. The smallest absolute Gasteiger partial charge is 0.0193 e. The molecule has 0 aliphatic rings. The minimum Gasteiger partial charge on any atom is -0.0776 e. The van der Waals surface area contributed by atoms with Gasteiger partial charge in [0.1, 0.15) is 0 Å². The van der Waals surface area contributed by atoms with Gasteiger partial charge >= 0.3 is 0 Å². The fraction of sp³-hybridized carbons (Fsp3) is 0.571. The summed E-state index contributed by atoms with van der Waals surface area (Å²) in [6.07, 6.45) is 1.23. The lowest BCUT2D eigenvalue weighted by atomic mass is 9.97. The van der Waals surface area contributed by atoms with Gasteiger partial charge in [0.15, 0.2) is 0 Å². The van der Waals surface area contributed by atoms with E-state index in [0.717, 1.165) is 0 Å². The molecule has 1 aromatic rings. The van der Waals surface area contributed by atoms with E-state index in [4.69, 9.17) is 0 Å². The summed E-state index contributed by atoms with van der Waals surface area (Å²) < 4.78 is 0. The monoisotopic (exact) mass is 194 g/mol. The van der Waals surface area contributed by atoms with Crippen LogP contribution in [0.3, 0.4) is 0 Å². The Hall–Kier alpha value is -0.780. The van der Waals surface area contributed by atoms with Gasteiger partial charge in [0.2, 0.25) is 0 Å². The van der Waals surface area contributed by atoms with Gasteiger partial charge in [-0.15, -0.1) is 0 Å². The quantitative estimate of drug-likeness (QED) is 0.609. The summed E-state index contributed by atoms with van der Waals surface area (Å²) in [6, 6.07) is 8.76. The van der Waals surface area contributed by atoms with Gasteiger partial charge in [-0.1, -0.05) is 65.0 Å². The van der Waals surface area contributed by atoms with Crippen LogP contribution in [0.1, 0.15) is 58.6 Å². The van der Waals surface area contributed by atoms with E-state index in [2.05, 4.69) is 45.0 Å². The average molecular weight is 194 g/mol. The second-order valence-corrected chi connectivity index (χ2v) is 3.22. The number of hydrogen-bond donors (Lipinski definition) is 0. The molecule has 0 fully saturated rings. The molecular weight excluding hydrogens is 168 g/mol. The SMILES string of the molecule is C.CC.CCC(C)c1cccc(C)c1. The van der Waals surface area contributed by atoms with Gasteiger partial charge in [-0.25, -0.2) is 0 Å². The first kappa shape index (κ1) is 15.7. The minimum absolute atomic E-state index is 0. The predicted molar refractivity (Wildman–Crippen MR) is 68.0 cm³/mol. The van der Waals surface area contributed by atoms with E-state index in [-0.39, 0.29) is 7.43 Å². The van der Waals surface area contributed by atoms with Crippen LogP contribution in [-0.4, -0.2) is 0 Å². The van der Waals surface area contributed by atoms with Crippen LogP contribution in [0.4, 0.5) is 0 Å². The molecular formula is C14H26. The summed E-state index contributed by atoms with van der Waals surface area (Å²) in [5, 5.41) is 0. The average Bonchev–Trinajstić information content (AvgIpc) is 2.20. The van der Waals surface area contributed by atoms with E-state index in [1.165, 1.54) is 17.5 Å². The van der Waals surface area contributed by atoms with Crippen molar-refractivity contribution in [3.05, 3.63) is 35.4 Å². The number of rotatable bonds is 2. The Bertz CT molecular complexity index is 225. The molecule has 0 bridgehead atoms. The molecule has 0 spiro atoms. The number of hydrogen-bond acceptors (Lipinski definition) is 0. The Morgan fingerprint density at radius 3 is 2.21 bits per heavy atom. The van der Waals surface area contributed by atoms with E-state index >= 15 is 0 Å². The number of benzene rings is 1. The summed E-state index contributed by atoms with van der Waals surface area (Å²) in [4.78, 5) is 0. The largest absolute Gasteiger partial charge is 0.0776 e. The topological polar surface area (TPSA) is 0 Å². The fourth-order valence-corrected chi connectivity index (χ4v) is 1.21. The van der Waals surface area contributed by atoms with Crippen molar-refractivity contribution in [2.45, 2.75) is 54.4 Å². The van der Waals surface area contributed by atoms with Crippen LogP contribution in [0.2, 0.25) is 0 Å². The van der Waals surface area contributed by atoms with Crippen molar-refractivity contribution >= 4 is 0 Å². The van der Waals surface area contributed by atoms with Gasteiger partial charge in [0.05, 0.1) is 0 Å². The molecule has 0 heterocycles. The van der Waals surface area contributed by atoms with Crippen LogP contribution in [0.15, 0.2) is 24.3 Å². The molecule has 14 heavy (non-hydrogen) atoms. The van der Waals surface area contributed by atoms with E-state index in [9.17, 15) is 0 Å². The zero-order chi connectivity index (χ0) is 10.3. The lowest BCUT2D eigenvalue weighted by molar-refractivity contribution is 0.733. The lowest BCUT2D eigenvalue weighted by Gasteiger charge is -2.08. The van der Waals surface area contributed by atoms with Gasteiger partial charge in [0.25, 0.3) is 0 Å². The van der Waals surface area contributed by atoms with Crippen molar-refractivity contribution in [1.82, 2.24) is 0 Å². The maximum Gasteiger partial charge on any atom is -0.0193 e. The Balaban J connectivity index is 0. The summed E-state index contributed by atoms with van der Waals surface area (Å²) >= 11 is 0. The molecule has 0 aliphatic heterocycles. The Kier molecular flexibility index (Phi) is 9.86. The minimum atomic E-state index is 0. The highest BCUT2D eigenvalue weighted by Gasteiger charge is 2.00. The second-order valence-electron chi connectivity index (χ2n) is 3.22. The third-order valence-electron chi connectivity index (χ3n) is 2.22. The van der Waals surface area contributed by atoms with Crippen molar-refractivity contribution in [3.8, 4) is 0 Å². The molecule has 1 rings (SSSR count). The molecule has 0 saturated heterocycles. The van der Waals surface area contributed by atoms with E-state index in [0.29, 0.717) is 5.92 Å². The Morgan fingerprint density at radius 1 is 1.21 bits per heavy atom. The summed E-state index contributed by atoms with van der Waals surface area (Å²) in [5.74, 6) is 0.704. The summed E-state index contributed by atoms with van der Waals surface area (Å²) in [6.45, 7) is 10.6. The molecule has 0 aliphatic carbocycles. The fourth-order valence-electron chi connectivity index (χ4n) is 1.21. The zero-order valence-electron chi connectivity index (χ0n) is 9.59. The second kappa shape index (κ2) is 8.80. The van der Waals surface area contributed by atoms with Crippen LogP contribution < -0.4 is 0 Å². The van der Waals surface area contributed by atoms with E-state index in [1.54, 1.807) is 0 Å². The van der Waals surface area contributed by atoms with Gasteiger partial charge in [-0.2, -0.15) is 0 Å². The Labute approximate surface area is 90.4 Å². The molecule has 1 unspecified atom stereocenters. The highest BCUT2D eigenvalue weighted by Crippen LogP contribution is 2.18. The van der Waals surface area contributed by atoms with E-state index in [1.807, 2.05) is 13.8 Å². The molecule has 0 amide bonds. The molecule has 1 aromatic carbocycles. The molecule has 0 nitrogen and oxygen atoms in total. The molecule has 0 heteroatoms. The van der Waals surface area contributed by atoms with Crippen molar-refractivity contribution in [3.63, 3.8) is 0 Å². The Morgan fingerprint density at radius 2 is 1.79 bits per heavy atom. The highest BCUT2D eigenvalue weighted by atomic mass is 14.1. The first-order valence-corrected chi connectivity index (χ1v) is 5.30. The van der Waals surface area contributed by atoms with Crippen molar-refractivity contribution in [1.29, 1.82) is 0 Å². The standard InChI is InChI=1S/C11H16.C2H6.CH4/c1-4-10(3)11-7-5-6-9(2)8-11;1-2;/h5-8,10H,4H2,1-3H3;1-2H3;1H4. The highest BCUT2D eigenvalue weighted by molar-refractivity contribution is 5.24. The maximum absolute atomic E-state index is 2.27. The first-order chi connectivity index (χ1) is 6.24.